The van der Waals surface area contributed by atoms with Crippen LogP contribution in [0.5, 0.6) is 0 Å². The molecule has 2 nitrogen and oxygen atoms in total. The Hall–Kier alpha value is -0.0800. The van der Waals surface area contributed by atoms with Gasteiger partial charge in [-0.3, -0.25) is 4.90 Å². The highest BCUT2D eigenvalue weighted by Crippen LogP contribution is 2.49. The second kappa shape index (κ2) is 5.73. The highest BCUT2D eigenvalue weighted by atomic mass is 16.3. The van der Waals surface area contributed by atoms with Crippen LogP contribution in [0.1, 0.15) is 87.0 Å². The molecule has 1 N–H and O–H groups in total. The summed E-state index contributed by atoms with van der Waals surface area (Å²) in [6, 6.07) is 0. The van der Waals surface area contributed by atoms with Gasteiger partial charge in [0, 0.05) is 16.6 Å². The summed E-state index contributed by atoms with van der Waals surface area (Å²) in [5, 5.41) is 10.5. The highest BCUT2D eigenvalue weighted by Gasteiger charge is 2.54. The predicted molar refractivity (Wildman–Crippen MR) is 83.5 cm³/mol. The quantitative estimate of drug-likeness (QED) is 0.819. The highest BCUT2D eigenvalue weighted by molar-refractivity contribution is 5.10. The van der Waals surface area contributed by atoms with Gasteiger partial charge >= 0.3 is 0 Å². The van der Waals surface area contributed by atoms with Crippen molar-refractivity contribution in [1.82, 2.24) is 4.90 Å². The Morgan fingerprint density at radius 1 is 0.895 bits per heavy atom. The average molecular weight is 269 g/mol. The summed E-state index contributed by atoms with van der Waals surface area (Å²) in [7, 11) is 0. The molecular weight excluding hydrogens is 234 g/mol. The van der Waals surface area contributed by atoms with Crippen LogP contribution in [-0.2, 0) is 0 Å². The third-order valence-corrected chi connectivity index (χ3v) is 5.48. The van der Waals surface area contributed by atoms with Crippen molar-refractivity contribution >= 4 is 0 Å². The fraction of sp³-hybridized carbons (Fsp3) is 1.00. The lowest BCUT2D eigenvalue weighted by Crippen LogP contribution is -2.71. The first-order chi connectivity index (χ1) is 8.71. The number of nitrogens with zero attached hydrogens (tertiary/aromatic N) is 1. The molecule has 1 fully saturated rings. The van der Waals surface area contributed by atoms with Crippen LogP contribution in [0.4, 0.5) is 0 Å². The number of rotatable bonds is 4. The third kappa shape index (κ3) is 2.85. The van der Waals surface area contributed by atoms with E-state index in [9.17, 15) is 5.11 Å². The fourth-order valence-electron chi connectivity index (χ4n) is 4.77. The second-order valence-corrected chi connectivity index (χ2v) is 7.43. The molecule has 0 aromatic rings. The van der Waals surface area contributed by atoms with Crippen LogP contribution in [0.15, 0.2) is 0 Å². The Morgan fingerprint density at radius 3 is 1.42 bits per heavy atom. The largest absolute Gasteiger partial charge is 0.393 e. The number of hydrogen-bond acceptors (Lipinski definition) is 2. The molecule has 0 unspecified atom stereocenters. The Morgan fingerprint density at radius 2 is 1.21 bits per heavy atom. The molecular formula is C17H35NO. The molecule has 1 aliphatic heterocycles. The molecule has 1 saturated heterocycles. The molecule has 0 bridgehead atoms. The Balaban J connectivity index is 3.37. The van der Waals surface area contributed by atoms with Crippen molar-refractivity contribution in [3.8, 4) is 0 Å². The minimum absolute atomic E-state index is 0.140. The standard InChI is InChI=1S/C17H35NO/c1-8-16(9-2)12-14(19)13-17(10-3,11-4)18(16)15(5,6)7/h14,19H,8-13H2,1-7H3. The van der Waals surface area contributed by atoms with Crippen molar-refractivity contribution < 1.29 is 5.11 Å². The third-order valence-electron chi connectivity index (χ3n) is 5.48. The van der Waals surface area contributed by atoms with Crippen LogP contribution in [-0.4, -0.2) is 32.7 Å². The summed E-state index contributed by atoms with van der Waals surface area (Å²) < 4.78 is 0. The van der Waals surface area contributed by atoms with Gasteiger partial charge in [-0.25, -0.2) is 0 Å². The summed E-state index contributed by atoms with van der Waals surface area (Å²) >= 11 is 0. The zero-order valence-corrected chi connectivity index (χ0v) is 14.2. The van der Waals surface area contributed by atoms with E-state index < -0.39 is 0 Å². The van der Waals surface area contributed by atoms with Gasteiger partial charge in [0.2, 0.25) is 0 Å². The molecule has 0 aromatic heterocycles. The lowest BCUT2D eigenvalue weighted by atomic mass is 9.67. The van der Waals surface area contributed by atoms with Crippen LogP contribution in [0.3, 0.4) is 0 Å². The topological polar surface area (TPSA) is 23.5 Å². The molecule has 0 aromatic carbocycles. The summed E-state index contributed by atoms with van der Waals surface area (Å²) in [5.41, 5.74) is 0.460. The second-order valence-electron chi connectivity index (χ2n) is 7.43. The van der Waals surface area contributed by atoms with Crippen LogP contribution in [0, 0.1) is 0 Å². The molecule has 0 amide bonds. The Bertz CT molecular complexity index is 262. The van der Waals surface area contributed by atoms with E-state index in [0.717, 1.165) is 38.5 Å². The zero-order chi connectivity index (χ0) is 14.9. The zero-order valence-electron chi connectivity index (χ0n) is 14.2. The Kier molecular flexibility index (Phi) is 5.12. The van der Waals surface area contributed by atoms with Crippen LogP contribution in [0.2, 0.25) is 0 Å². The lowest BCUT2D eigenvalue weighted by molar-refractivity contribution is -0.160. The molecule has 2 heteroatoms. The van der Waals surface area contributed by atoms with E-state index in [1.807, 2.05) is 0 Å². The molecule has 114 valence electrons. The summed E-state index contributed by atoms with van der Waals surface area (Å²) in [4.78, 5) is 2.78. The van der Waals surface area contributed by atoms with E-state index >= 15 is 0 Å². The van der Waals surface area contributed by atoms with Gasteiger partial charge in [0.25, 0.3) is 0 Å². The van der Waals surface area contributed by atoms with Crippen molar-refractivity contribution in [3.05, 3.63) is 0 Å². The van der Waals surface area contributed by atoms with Gasteiger partial charge in [-0.05, 0) is 59.3 Å². The van der Waals surface area contributed by atoms with Gasteiger partial charge in [0.15, 0.2) is 0 Å². The van der Waals surface area contributed by atoms with Crippen LogP contribution in [0.25, 0.3) is 0 Å². The number of hydrogen-bond donors (Lipinski definition) is 1. The summed E-state index contributed by atoms with van der Waals surface area (Å²) in [6.07, 6.45) is 6.22. The number of aliphatic hydroxyl groups is 1. The van der Waals surface area contributed by atoms with Gasteiger partial charge in [-0.1, -0.05) is 27.7 Å². The minimum atomic E-state index is -0.140. The van der Waals surface area contributed by atoms with Crippen molar-refractivity contribution in [2.75, 3.05) is 0 Å². The van der Waals surface area contributed by atoms with Crippen LogP contribution >= 0.6 is 0 Å². The van der Waals surface area contributed by atoms with E-state index in [-0.39, 0.29) is 22.7 Å². The van der Waals surface area contributed by atoms with Gasteiger partial charge in [0.05, 0.1) is 6.10 Å². The van der Waals surface area contributed by atoms with E-state index in [4.69, 9.17) is 0 Å². The molecule has 0 aliphatic carbocycles. The molecule has 0 spiro atoms. The smallest absolute Gasteiger partial charge is 0.0575 e. The van der Waals surface area contributed by atoms with Crippen molar-refractivity contribution in [2.45, 2.75) is 110 Å². The van der Waals surface area contributed by atoms with E-state index in [0.29, 0.717) is 0 Å². The monoisotopic (exact) mass is 269 g/mol. The van der Waals surface area contributed by atoms with E-state index in [1.54, 1.807) is 0 Å². The maximum absolute atomic E-state index is 10.5. The Labute approximate surface area is 120 Å². The molecule has 0 saturated carbocycles. The first-order valence-electron chi connectivity index (χ1n) is 8.20. The maximum Gasteiger partial charge on any atom is 0.0575 e. The number of piperidine rings is 1. The number of aliphatic hydroxyl groups excluding tert-OH is 1. The van der Waals surface area contributed by atoms with Gasteiger partial charge in [0.1, 0.15) is 0 Å². The van der Waals surface area contributed by atoms with Crippen molar-refractivity contribution in [2.24, 2.45) is 0 Å². The SMILES string of the molecule is CCC1(CC)CC(O)CC(CC)(CC)N1C(C)(C)C. The normalized spacial score (nSPS) is 24.6. The average Bonchev–Trinajstić information content (AvgIpc) is 2.35. The first kappa shape index (κ1) is 17.0. The molecule has 1 aliphatic rings. The molecule has 19 heavy (non-hydrogen) atoms. The minimum Gasteiger partial charge on any atom is -0.393 e. The molecule has 0 radical (unpaired) electrons. The fourth-order valence-corrected chi connectivity index (χ4v) is 4.77. The summed E-state index contributed by atoms with van der Waals surface area (Å²) in [6.45, 7) is 16.2. The maximum atomic E-state index is 10.5. The van der Waals surface area contributed by atoms with Gasteiger partial charge < -0.3 is 5.11 Å². The molecule has 1 heterocycles. The van der Waals surface area contributed by atoms with Crippen molar-refractivity contribution in [3.63, 3.8) is 0 Å². The van der Waals surface area contributed by atoms with Gasteiger partial charge in [-0.2, -0.15) is 0 Å². The van der Waals surface area contributed by atoms with E-state index in [1.165, 1.54) is 0 Å². The van der Waals surface area contributed by atoms with Crippen molar-refractivity contribution in [1.29, 1.82) is 0 Å². The summed E-state index contributed by atoms with van der Waals surface area (Å²) in [5.74, 6) is 0. The first-order valence-corrected chi connectivity index (χ1v) is 8.20. The van der Waals surface area contributed by atoms with E-state index in [2.05, 4.69) is 53.4 Å². The molecule has 0 atom stereocenters. The van der Waals surface area contributed by atoms with Gasteiger partial charge in [-0.15, -0.1) is 0 Å². The van der Waals surface area contributed by atoms with Crippen LogP contribution < -0.4 is 0 Å². The lowest BCUT2D eigenvalue weighted by Gasteiger charge is -2.64. The predicted octanol–water partition coefficient (Wildman–Crippen LogP) is 4.36. The molecule has 1 rings (SSSR count). The number of likely N-dealkylation sites (tertiary alicyclic amines) is 1.